The molecule has 0 aliphatic carbocycles. The summed E-state index contributed by atoms with van der Waals surface area (Å²) in [4.78, 5) is 72.9. The van der Waals surface area contributed by atoms with E-state index in [-0.39, 0.29) is 25.7 Å². The smallest absolute Gasteiger partial charge is 0.462 e. The quantitative estimate of drug-likeness (QED) is 0.0222. The van der Waals surface area contributed by atoms with Gasteiger partial charge in [-0.1, -0.05) is 344 Å². The maximum Gasteiger partial charge on any atom is 0.472 e. The van der Waals surface area contributed by atoms with Crippen LogP contribution in [-0.2, 0) is 65.4 Å². The Bertz CT molecular complexity index is 1900. The number of esters is 4. The molecule has 3 unspecified atom stereocenters. The fraction of sp³-hybridized carbons (Fsp3) is 0.949. The standard InChI is InChI=1S/C78H152O17P2/c1-68(2)54-46-38-30-23-17-11-9-10-12-21-27-35-44-52-60-77(82)95-74(65-89-76(81)59-51-43-37-29-33-41-49-57-71(7)8)67-93-97(86,87)91-63-72(79)62-90-96(84,85)92-66-73(94-78(83)61-53-45-36-28-22-16-14-19-25-32-40-48-56-70(5)6)64-88-75(80)58-50-42-34-26-20-15-13-18-24-31-39-47-55-69(3)4/h68-74,79H,9-67H2,1-8H3,(H,84,85)(H,86,87)/t72?,73-,74-/m1/s1. The lowest BCUT2D eigenvalue weighted by Gasteiger charge is -2.21. The maximum atomic E-state index is 13.1. The van der Waals surface area contributed by atoms with Crippen molar-refractivity contribution in [3.8, 4) is 0 Å². The topological polar surface area (TPSA) is 237 Å². The third kappa shape index (κ3) is 72.2. The molecule has 0 bridgehead atoms. The van der Waals surface area contributed by atoms with E-state index >= 15 is 0 Å². The van der Waals surface area contributed by atoms with Crippen molar-refractivity contribution in [2.24, 2.45) is 23.7 Å². The molecule has 0 aliphatic rings. The predicted molar refractivity (Wildman–Crippen MR) is 395 cm³/mol. The molecule has 0 saturated heterocycles. The highest BCUT2D eigenvalue weighted by molar-refractivity contribution is 7.47. The van der Waals surface area contributed by atoms with Gasteiger partial charge in [0.05, 0.1) is 26.4 Å². The molecule has 0 heterocycles. The molecule has 0 spiro atoms. The molecule has 0 rings (SSSR count). The van der Waals surface area contributed by atoms with Crippen LogP contribution in [0.15, 0.2) is 0 Å². The molecule has 19 heteroatoms. The lowest BCUT2D eigenvalue weighted by molar-refractivity contribution is -0.161. The largest absolute Gasteiger partial charge is 0.472 e. The monoisotopic (exact) mass is 1420 g/mol. The first-order chi connectivity index (χ1) is 46.6. The number of rotatable bonds is 75. The number of hydrogen-bond acceptors (Lipinski definition) is 15. The van der Waals surface area contributed by atoms with E-state index in [2.05, 4.69) is 55.4 Å². The van der Waals surface area contributed by atoms with E-state index < -0.39 is 97.5 Å². The van der Waals surface area contributed by atoms with Crippen LogP contribution in [0.3, 0.4) is 0 Å². The minimum absolute atomic E-state index is 0.106. The van der Waals surface area contributed by atoms with Crippen molar-refractivity contribution in [3.05, 3.63) is 0 Å². The summed E-state index contributed by atoms with van der Waals surface area (Å²) in [5, 5.41) is 10.6. The van der Waals surface area contributed by atoms with Gasteiger partial charge in [-0.3, -0.25) is 37.3 Å². The lowest BCUT2D eigenvalue weighted by atomic mass is 10.0. The number of hydrogen-bond donors (Lipinski definition) is 3. The molecular weight excluding hydrogens is 1270 g/mol. The predicted octanol–water partition coefficient (Wildman–Crippen LogP) is 22.8. The van der Waals surface area contributed by atoms with E-state index in [1.807, 2.05) is 0 Å². The van der Waals surface area contributed by atoms with Crippen LogP contribution in [0.5, 0.6) is 0 Å². The number of carbonyl (C=O) groups excluding carboxylic acids is 4. The third-order valence-corrected chi connectivity index (χ3v) is 20.0. The van der Waals surface area contributed by atoms with Crippen molar-refractivity contribution in [1.82, 2.24) is 0 Å². The van der Waals surface area contributed by atoms with Crippen molar-refractivity contribution in [1.29, 1.82) is 0 Å². The zero-order valence-electron chi connectivity index (χ0n) is 63.7. The van der Waals surface area contributed by atoms with Crippen LogP contribution in [0.1, 0.15) is 396 Å². The second-order valence-corrected chi connectivity index (χ2v) is 32.9. The number of aliphatic hydroxyl groups is 1. The molecular formula is C78H152O17P2. The third-order valence-electron chi connectivity index (χ3n) is 18.1. The van der Waals surface area contributed by atoms with Crippen molar-refractivity contribution in [3.63, 3.8) is 0 Å². The Kier molecular flexibility index (Phi) is 65.9. The van der Waals surface area contributed by atoms with E-state index in [0.29, 0.717) is 31.6 Å². The van der Waals surface area contributed by atoms with Gasteiger partial charge in [0.1, 0.15) is 19.3 Å². The minimum atomic E-state index is -4.96. The fourth-order valence-corrected chi connectivity index (χ4v) is 13.5. The van der Waals surface area contributed by atoms with Crippen LogP contribution < -0.4 is 0 Å². The van der Waals surface area contributed by atoms with Gasteiger partial charge in [0.25, 0.3) is 0 Å². The molecule has 0 aliphatic heterocycles. The Morgan fingerprint density at radius 1 is 0.258 bits per heavy atom. The lowest BCUT2D eigenvalue weighted by Crippen LogP contribution is -2.30. The summed E-state index contributed by atoms with van der Waals surface area (Å²) in [6.07, 6.45) is 52.7. The van der Waals surface area contributed by atoms with Crippen LogP contribution >= 0.6 is 15.6 Å². The van der Waals surface area contributed by atoms with Crippen molar-refractivity contribution in [2.45, 2.75) is 414 Å². The van der Waals surface area contributed by atoms with Gasteiger partial charge in [0, 0.05) is 25.7 Å². The molecule has 97 heavy (non-hydrogen) atoms. The van der Waals surface area contributed by atoms with Crippen molar-refractivity contribution < 1.29 is 80.2 Å². The Hall–Kier alpha value is -1.94. The normalized spacial score (nSPS) is 14.1. The molecule has 3 N–H and O–H groups in total. The summed E-state index contributed by atoms with van der Waals surface area (Å²) in [7, 11) is -9.92. The molecule has 0 saturated carbocycles. The number of phosphoric ester groups is 2. The molecule has 0 radical (unpaired) electrons. The van der Waals surface area contributed by atoms with Crippen molar-refractivity contribution in [2.75, 3.05) is 39.6 Å². The highest BCUT2D eigenvalue weighted by Crippen LogP contribution is 2.45. The van der Waals surface area contributed by atoms with Crippen LogP contribution in [0.25, 0.3) is 0 Å². The summed E-state index contributed by atoms with van der Waals surface area (Å²) >= 11 is 0. The van der Waals surface area contributed by atoms with Gasteiger partial charge in [-0.25, -0.2) is 9.13 Å². The van der Waals surface area contributed by atoms with Crippen LogP contribution in [0.2, 0.25) is 0 Å². The van der Waals surface area contributed by atoms with Gasteiger partial charge >= 0.3 is 39.5 Å². The summed E-state index contributed by atoms with van der Waals surface area (Å²) in [6.45, 7) is 14.2. The van der Waals surface area contributed by atoms with Gasteiger partial charge in [0.15, 0.2) is 12.2 Å². The average molecular weight is 1420 g/mol. The zero-order chi connectivity index (χ0) is 71.7. The number of unbranched alkanes of at least 4 members (excludes halogenated alkanes) is 41. The fourth-order valence-electron chi connectivity index (χ4n) is 11.9. The zero-order valence-corrected chi connectivity index (χ0v) is 65.5. The summed E-state index contributed by atoms with van der Waals surface area (Å²) in [5.41, 5.74) is 0. The summed E-state index contributed by atoms with van der Waals surface area (Å²) in [6, 6.07) is 0. The molecule has 0 aromatic carbocycles. The van der Waals surface area contributed by atoms with Gasteiger partial charge in [-0.15, -0.1) is 0 Å². The summed E-state index contributed by atoms with van der Waals surface area (Å²) in [5.74, 6) is 0.941. The maximum absolute atomic E-state index is 13.1. The molecule has 0 amide bonds. The van der Waals surface area contributed by atoms with Crippen LogP contribution in [0.4, 0.5) is 0 Å². The van der Waals surface area contributed by atoms with E-state index in [4.69, 9.17) is 37.0 Å². The number of phosphoric acid groups is 2. The molecule has 0 aromatic rings. The van der Waals surface area contributed by atoms with Gasteiger partial charge < -0.3 is 33.8 Å². The van der Waals surface area contributed by atoms with Crippen LogP contribution in [-0.4, -0.2) is 96.7 Å². The average Bonchev–Trinajstić information content (AvgIpc) is 1.61. The van der Waals surface area contributed by atoms with E-state index in [1.54, 1.807) is 0 Å². The minimum Gasteiger partial charge on any atom is -0.462 e. The first-order valence-corrected chi connectivity index (χ1v) is 43.2. The molecule has 0 aromatic heterocycles. The van der Waals surface area contributed by atoms with Crippen molar-refractivity contribution >= 4 is 39.5 Å². The van der Waals surface area contributed by atoms with Gasteiger partial charge in [-0.2, -0.15) is 0 Å². The Balaban J connectivity index is 5.25. The van der Waals surface area contributed by atoms with Crippen LogP contribution in [0, 0.1) is 23.7 Å². The van der Waals surface area contributed by atoms with E-state index in [9.17, 15) is 43.2 Å². The first kappa shape index (κ1) is 95.1. The Labute approximate surface area is 594 Å². The Morgan fingerprint density at radius 3 is 0.639 bits per heavy atom. The van der Waals surface area contributed by atoms with Gasteiger partial charge in [0.2, 0.25) is 0 Å². The highest BCUT2D eigenvalue weighted by Gasteiger charge is 2.30. The highest BCUT2D eigenvalue weighted by atomic mass is 31.2. The first-order valence-electron chi connectivity index (χ1n) is 40.2. The molecule has 576 valence electrons. The van der Waals surface area contributed by atoms with Gasteiger partial charge in [-0.05, 0) is 49.4 Å². The number of ether oxygens (including phenoxy) is 4. The van der Waals surface area contributed by atoms with E-state index in [1.165, 1.54) is 193 Å². The van der Waals surface area contributed by atoms with E-state index in [0.717, 1.165) is 114 Å². The Morgan fingerprint density at radius 2 is 0.433 bits per heavy atom. The molecule has 17 nitrogen and oxygen atoms in total. The summed E-state index contributed by atoms with van der Waals surface area (Å²) < 4.78 is 68.6. The molecule has 0 fully saturated rings. The number of carbonyl (C=O) groups is 4. The molecule has 5 atom stereocenters. The number of aliphatic hydroxyl groups excluding tert-OH is 1. The SMILES string of the molecule is CC(C)CCCCCCCCCCCCCCCCC(=O)O[C@H](COC(=O)CCCCCCCCCC(C)C)COP(=O)(O)OCC(O)COP(=O)(O)OC[C@@H](COC(=O)CCCCCCCCCCCCCCC(C)C)OC(=O)CCCCCCCCCCCCCCC(C)C. The second-order valence-electron chi connectivity index (χ2n) is 30.0. The second kappa shape index (κ2) is 67.2.